The zero-order valence-electron chi connectivity index (χ0n) is 17.7. The molecule has 5 N–H and O–H groups in total. The van der Waals surface area contributed by atoms with E-state index in [1.807, 2.05) is 31.2 Å². The molecule has 5 rings (SSSR count). The van der Waals surface area contributed by atoms with Crippen molar-refractivity contribution in [2.75, 3.05) is 7.05 Å². The van der Waals surface area contributed by atoms with Gasteiger partial charge in [-0.05, 0) is 31.5 Å². The molecular formula is C21H23N9O2. The van der Waals surface area contributed by atoms with Gasteiger partial charge in [0.15, 0.2) is 11.6 Å². The third-order valence-corrected chi connectivity index (χ3v) is 5.54. The molecule has 1 amide bonds. The molecule has 0 spiro atoms. The number of hydrogen-bond donors (Lipinski definition) is 5. The number of aromatic nitrogens is 6. The van der Waals surface area contributed by atoms with Crippen molar-refractivity contribution in [1.29, 1.82) is 5.41 Å². The highest BCUT2D eigenvalue weighted by molar-refractivity contribution is 5.97. The van der Waals surface area contributed by atoms with E-state index < -0.39 is 0 Å². The fourth-order valence-electron chi connectivity index (χ4n) is 3.99. The summed E-state index contributed by atoms with van der Waals surface area (Å²) in [6, 6.07) is 7.65. The smallest absolute Gasteiger partial charge is 0.287 e. The summed E-state index contributed by atoms with van der Waals surface area (Å²) in [7, 11) is 1.60. The van der Waals surface area contributed by atoms with Crippen LogP contribution >= 0.6 is 0 Å². The second-order valence-electron chi connectivity index (χ2n) is 7.65. The zero-order chi connectivity index (χ0) is 22.2. The van der Waals surface area contributed by atoms with Gasteiger partial charge >= 0.3 is 0 Å². The second-order valence-corrected chi connectivity index (χ2v) is 7.65. The minimum absolute atomic E-state index is 0.00141. The molecular weight excluding hydrogens is 410 g/mol. The van der Waals surface area contributed by atoms with E-state index in [2.05, 4.69) is 40.5 Å². The Morgan fingerprint density at radius 1 is 1.28 bits per heavy atom. The highest BCUT2D eigenvalue weighted by atomic mass is 16.6. The van der Waals surface area contributed by atoms with Crippen LogP contribution in [-0.2, 0) is 24.3 Å². The third-order valence-electron chi connectivity index (χ3n) is 5.54. The molecule has 164 valence electrons. The van der Waals surface area contributed by atoms with Crippen molar-refractivity contribution in [3.05, 3.63) is 53.1 Å². The van der Waals surface area contributed by atoms with Gasteiger partial charge in [0.1, 0.15) is 11.5 Å². The number of hydrogen-bond acceptors (Lipinski definition) is 7. The van der Waals surface area contributed by atoms with E-state index in [9.17, 15) is 4.79 Å². The number of imidazole rings is 1. The maximum Gasteiger partial charge on any atom is 0.287 e. The highest BCUT2D eigenvalue weighted by Gasteiger charge is 2.20. The predicted octanol–water partition coefficient (Wildman–Crippen LogP) is 1.81. The number of aryl methyl sites for hydroxylation is 2. The van der Waals surface area contributed by atoms with Crippen LogP contribution in [0.25, 0.3) is 22.2 Å². The molecule has 1 aliphatic heterocycles. The van der Waals surface area contributed by atoms with Crippen LogP contribution in [0.3, 0.4) is 0 Å². The van der Waals surface area contributed by atoms with Crippen LogP contribution in [0, 0.1) is 12.3 Å². The van der Waals surface area contributed by atoms with Gasteiger partial charge in [0.25, 0.3) is 11.8 Å². The highest BCUT2D eigenvalue weighted by Crippen LogP contribution is 2.26. The lowest BCUT2D eigenvalue weighted by Crippen LogP contribution is -2.25. The normalized spacial score (nSPS) is 12.8. The average Bonchev–Trinajstić information content (AvgIpc) is 3.55. The zero-order valence-corrected chi connectivity index (χ0v) is 17.7. The van der Waals surface area contributed by atoms with Gasteiger partial charge in [-0.25, -0.2) is 4.98 Å². The Labute approximate surface area is 183 Å². The van der Waals surface area contributed by atoms with E-state index in [0.29, 0.717) is 17.9 Å². The second kappa shape index (κ2) is 7.93. The maximum absolute atomic E-state index is 12.7. The molecule has 32 heavy (non-hydrogen) atoms. The molecule has 4 heterocycles. The number of benzene rings is 1. The average molecular weight is 433 g/mol. The third kappa shape index (κ3) is 3.52. The number of carbonyl (C=O) groups excluding carboxylic acids is 1. The van der Waals surface area contributed by atoms with E-state index >= 15 is 0 Å². The van der Waals surface area contributed by atoms with Gasteiger partial charge in [-0.1, -0.05) is 6.07 Å². The number of amides is 1. The fourth-order valence-corrected chi connectivity index (χ4v) is 3.99. The molecule has 1 aliphatic rings. The summed E-state index contributed by atoms with van der Waals surface area (Å²) >= 11 is 0. The first-order chi connectivity index (χ1) is 15.5. The van der Waals surface area contributed by atoms with Crippen molar-refractivity contribution >= 4 is 22.7 Å². The first-order valence-electron chi connectivity index (χ1n) is 10.3. The van der Waals surface area contributed by atoms with Crippen molar-refractivity contribution in [1.82, 2.24) is 40.5 Å². The molecule has 11 nitrogen and oxygen atoms in total. The van der Waals surface area contributed by atoms with E-state index in [1.54, 1.807) is 7.05 Å². The Hall–Kier alpha value is -3.99. The van der Waals surface area contributed by atoms with E-state index in [-0.39, 0.29) is 17.6 Å². The van der Waals surface area contributed by atoms with Crippen molar-refractivity contribution < 1.29 is 9.63 Å². The summed E-state index contributed by atoms with van der Waals surface area (Å²) < 4.78 is 2.06. The minimum Gasteiger partial charge on any atom is -0.387 e. The molecule has 0 atom stereocenters. The van der Waals surface area contributed by atoms with Gasteiger partial charge < -0.3 is 24.7 Å². The fraction of sp³-hybridized carbons (Fsp3) is 0.286. The van der Waals surface area contributed by atoms with E-state index in [1.165, 1.54) is 0 Å². The lowest BCUT2D eigenvalue weighted by molar-refractivity contribution is 0.0940. The summed E-state index contributed by atoms with van der Waals surface area (Å²) in [5.41, 5.74) is 6.29. The molecule has 0 aliphatic carbocycles. The van der Waals surface area contributed by atoms with E-state index in [4.69, 9.17) is 10.2 Å². The number of nitrogens with zero attached hydrogens (tertiary/aromatic N) is 4. The Morgan fingerprint density at radius 2 is 2.16 bits per heavy atom. The monoisotopic (exact) mass is 433 g/mol. The van der Waals surface area contributed by atoms with Crippen LogP contribution in [-0.4, -0.2) is 48.6 Å². The number of aromatic amines is 2. The van der Waals surface area contributed by atoms with Crippen molar-refractivity contribution in [2.45, 2.75) is 32.9 Å². The Morgan fingerprint density at radius 3 is 3.00 bits per heavy atom. The van der Waals surface area contributed by atoms with Crippen LogP contribution < -0.4 is 10.8 Å². The predicted molar refractivity (Wildman–Crippen MR) is 117 cm³/mol. The quantitative estimate of drug-likeness (QED) is 0.178. The van der Waals surface area contributed by atoms with Crippen LogP contribution in [0.4, 0.5) is 0 Å². The number of H-pyrrole nitrogens is 2. The first kappa shape index (κ1) is 19.9. The van der Waals surface area contributed by atoms with Gasteiger partial charge in [-0.3, -0.25) is 10.2 Å². The Bertz CT molecular complexity index is 1330. The Kier molecular flexibility index (Phi) is 4.94. The number of rotatable bonds is 6. The summed E-state index contributed by atoms with van der Waals surface area (Å²) in [6.45, 7) is 3.08. The number of hydroxylamine groups is 1. The number of fused-ring (bicyclic) bond motifs is 2. The van der Waals surface area contributed by atoms with Gasteiger partial charge in [0.05, 0.1) is 12.2 Å². The molecule has 0 saturated heterocycles. The molecule has 11 heteroatoms. The number of nitrogens with one attached hydrogen (secondary N) is 5. The molecule has 3 aromatic heterocycles. The van der Waals surface area contributed by atoms with Gasteiger partial charge in [0, 0.05) is 42.2 Å². The Balaban J connectivity index is 1.34. The van der Waals surface area contributed by atoms with Crippen LogP contribution in [0.1, 0.15) is 40.1 Å². The molecule has 1 aromatic carbocycles. The van der Waals surface area contributed by atoms with Crippen LogP contribution in [0.5, 0.6) is 0 Å². The molecule has 0 saturated carbocycles. The standard InChI is InChI=1S/C21H23N9O2/c1-11-18(12-5-6-14-13(8-12)9-15(26-14)19(22)32-23-2)27-20(25-11)21(31)24-10-17-29-28-16-4-3-7-30(16)17/h5-6,8-9,22-23,26H,3-4,7,10H2,1-2H3,(H,24,31)(H,25,27). The lowest BCUT2D eigenvalue weighted by Gasteiger charge is -2.04. The SMILES string of the molecule is CNOC(=N)c1cc2cc(-c3nc(C(=O)NCc4nnc5n4CCC5)[nH]c3C)ccc2[nH]1. The largest absolute Gasteiger partial charge is 0.387 e. The van der Waals surface area contributed by atoms with Crippen LogP contribution in [0.15, 0.2) is 24.3 Å². The molecule has 0 bridgehead atoms. The minimum atomic E-state index is -0.294. The molecule has 4 aromatic rings. The summed E-state index contributed by atoms with van der Waals surface area (Å²) in [6.07, 6.45) is 1.99. The summed E-state index contributed by atoms with van der Waals surface area (Å²) in [5, 5.41) is 20.0. The topological polar surface area (TPSA) is 149 Å². The molecule has 0 radical (unpaired) electrons. The van der Waals surface area contributed by atoms with Gasteiger partial charge in [-0.2, -0.15) is 5.48 Å². The van der Waals surface area contributed by atoms with Crippen molar-refractivity contribution in [2.24, 2.45) is 0 Å². The maximum atomic E-state index is 12.7. The lowest BCUT2D eigenvalue weighted by atomic mass is 10.1. The molecule has 0 unspecified atom stereocenters. The van der Waals surface area contributed by atoms with Gasteiger partial charge in [-0.15, -0.1) is 10.2 Å². The van der Waals surface area contributed by atoms with Crippen molar-refractivity contribution in [3.63, 3.8) is 0 Å². The molecule has 0 fully saturated rings. The first-order valence-corrected chi connectivity index (χ1v) is 10.3. The van der Waals surface area contributed by atoms with Gasteiger partial charge in [0.2, 0.25) is 0 Å². The number of carbonyl (C=O) groups is 1. The van der Waals surface area contributed by atoms with Crippen LogP contribution in [0.2, 0.25) is 0 Å². The summed E-state index contributed by atoms with van der Waals surface area (Å²) in [4.78, 5) is 28.5. The summed E-state index contributed by atoms with van der Waals surface area (Å²) in [5.74, 6) is 1.69. The van der Waals surface area contributed by atoms with Crippen molar-refractivity contribution in [3.8, 4) is 11.3 Å². The van der Waals surface area contributed by atoms with E-state index in [0.717, 1.165) is 53.2 Å².